The van der Waals surface area contributed by atoms with Gasteiger partial charge in [-0.15, -0.1) is 0 Å². The maximum Gasteiger partial charge on any atom is 0.191 e. The molecule has 6 heteroatoms. The molecule has 2 aromatic rings. The highest BCUT2D eigenvalue weighted by molar-refractivity contribution is 9.10. The Morgan fingerprint density at radius 3 is 2.67 bits per heavy atom. The van der Waals surface area contributed by atoms with Crippen LogP contribution in [0, 0.1) is 6.92 Å². The molecule has 21 heavy (non-hydrogen) atoms. The average molecular weight is 350 g/mol. The van der Waals surface area contributed by atoms with Gasteiger partial charge in [-0.3, -0.25) is 9.67 Å². The molecule has 2 N–H and O–H groups in total. The summed E-state index contributed by atoms with van der Waals surface area (Å²) in [6.07, 6.45) is 1.79. The zero-order valence-electron chi connectivity index (χ0n) is 12.5. The number of aliphatic imine (C=N–C) groups is 1. The first-order chi connectivity index (χ1) is 10.1. The number of aryl methyl sites for hydroxylation is 2. The van der Waals surface area contributed by atoms with Gasteiger partial charge in [-0.05, 0) is 36.2 Å². The van der Waals surface area contributed by atoms with Crippen molar-refractivity contribution < 1.29 is 0 Å². The zero-order valence-corrected chi connectivity index (χ0v) is 14.1. The molecule has 0 aliphatic rings. The molecule has 0 saturated heterocycles. The number of halogens is 1. The van der Waals surface area contributed by atoms with Gasteiger partial charge < -0.3 is 10.6 Å². The van der Waals surface area contributed by atoms with Gasteiger partial charge in [-0.1, -0.05) is 22.0 Å². The third-order valence-corrected chi connectivity index (χ3v) is 3.83. The van der Waals surface area contributed by atoms with Crippen LogP contribution in [-0.2, 0) is 20.1 Å². The molecule has 0 radical (unpaired) electrons. The predicted molar refractivity (Wildman–Crippen MR) is 89.1 cm³/mol. The first kappa shape index (κ1) is 15.6. The molecule has 1 aromatic heterocycles. The van der Waals surface area contributed by atoms with E-state index in [9.17, 15) is 0 Å². The molecule has 0 bridgehead atoms. The summed E-state index contributed by atoms with van der Waals surface area (Å²) in [5, 5.41) is 10.8. The van der Waals surface area contributed by atoms with E-state index in [0.29, 0.717) is 6.54 Å². The minimum absolute atomic E-state index is 0.690. The fourth-order valence-corrected chi connectivity index (χ4v) is 2.48. The quantitative estimate of drug-likeness (QED) is 0.658. The highest BCUT2D eigenvalue weighted by Gasteiger charge is 2.03. The Balaban J connectivity index is 1.89. The van der Waals surface area contributed by atoms with Gasteiger partial charge >= 0.3 is 0 Å². The van der Waals surface area contributed by atoms with Gasteiger partial charge in [-0.2, -0.15) is 5.10 Å². The lowest BCUT2D eigenvalue weighted by molar-refractivity contribution is 0.684. The van der Waals surface area contributed by atoms with Crippen LogP contribution < -0.4 is 10.6 Å². The molecule has 0 atom stereocenters. The minimum atomic E-state index is 0.690. The molecule has 0 saturated carbocycles. The van der Waals surface area contributed by atoms with Crippen molar-refractivity contribution in [3.05, 3.63) is 51.8 Å². The molecule has 1 heterocycles. The van der Waals surface area contributed by atoms with E-state index >= 15 is 0 Å². The highest BCUT2D eigenvalue weighted by atomic mass is 79.9. The molecular weight excluding hydrogens is 330 g/mol. The lowest BCUT2D eigenvalue weighted by atomic mass is 10.1. The number of hydrogen-bond acceptors (Lipinski definition) is 2. The van der Waals surface area contributed by atoms with Gasteiger partial charge in [0, 0.05) is 31.3 Å². The Morgan fingerprint density at radius 2 is 2.05 bits per heavy atom. The molecular formula is C15H20BrN5. The molecule has 1 aromatic carbocycles. The highest BCUT2D eigenvalue weighted by Crippen LogP contribution is 2.15. The molecule has 5 nitrogen and oxygen atoms in total. The topological polar surface area (TPSA) is 54.2 Å². The van der Waals surface area contributed by atoms with Crippen LogP contribution in [-0.4, -0.2) is 22.8 Å². The summed E-state index contributed by atoms with van der Waals surface area (Å²) in [6, 6.07) is 8.26. The monoisotopic (exact) mass is 349 g/mol. The van der Waals surface area contributed by atoms with E-state index in [4.69, 9.17) is 0 Å². The molecule has 0 aliphatic carbocycles. The Morgan fingerprint density at radius 1 is 1.29 bits per heavy atom. The fraction of sp³-hybridized carbons (Fsp3) is 0.333. The maximum atomic E-state index is 4.23. The Kier molecular flexibility index (Phi) is 5.38. The van der Waals surface area contributed by atoms with E-state index in [1.54, 1.807) is 13.2 Å². The second-order valence-electron chi connectivity index (χ2n) is 4.80. The smallest absolute Gasteiger partial charge is 0.191 e. The van der Waals surface area contributed by atoms with Gasteiger partial charge in [0.1, 0.15) is 0 Å². The number of nitrogens with one attached hydrogen (secondary N) is 2. The minimum Gasteiger partial charge on any atom is -0.352 e. The maximum absolute atomic E-state index is 4.23. The lowest BCUT2D eigenvalue weighted by Gasteiger charge is -2.13. The number of guanidine groups is 1. The Labute approximate surface area is 133 Å². The molecule has 112 valence electrons. The second kappa shape index (κ2) is 7.26. The largest absolute Gasteiger partial charge is 0.352 e. The molecule has 2 rings (SSSR count). The summed E-state index contributed by atoms with van der Waals surface area (Å²) in [5.41, 5.74) is 3.61. The van der Waals surface area contributed by atoms with Crippen molar-refractivity contribution in [2.75, 3.05) is 7.05 Å². The van der Waals surface area contributed by atoms with Crippen LogP contribution in [0.5, 0.6) is 0 Å². The van der Waals surface area contributed by atoms with Crippen molar-refractivity contribution >= 4 is 21.9 Å². The van der Waals surface area contributed by atoms with Crippen LogP contribution in [0.2, 0.25) is 0 Å². The Bertz CT molecular complexity index is 633. The molecule has 0 spiro atoms. The molecule has 0 aliphatic heterocycles. The summed E-state index contributed by atoms with van der Waals surface area (Å²) in [7, 11) is 3.70. The van der Waals surface area contributed by atoms with Gasteiger partial charge in [0.2, 0.25) is 0 Å². The van der Waals surface area contributed by atoms with E-state index in [1.807, 2.05) is 17.8 Å². The first-order valence-corrected chi connectivity index (χ1v) is 7.56. The van der Waals surface area contributed by atoms with E-state index in [1.165, 1.54) is 11.1 Å². The second-order valence-corrected chi connectivity index (χ2v) is 5.71. The van der Waals surface area contributed by atoms with Crippen molar-refractivity contribution in [3.8, 4) is 0 Å². The zero-order chi connectivity index (χ0) is 15.2. The van der Waals surface area contributed by atoms with Crippen LogP contribution in [0.25, 0.3) is 0 Å². The van der Waals surface area contributed by atoms with Crippen molar-refractivity contribution in [3.63, 3.8) is 0 Å². The molecule has 0 unspecified atom stereocenters. The summed E-state index contributed by atoms with van der Waals surface area (Å²) < 4.78 is 2.95. The van der Waals surface area contributed by atoms with Crippen molar-refractivity contribution in [1.29, 1.82) is 0 Å². The SMILES string of the molecule is CN=C(NCc1ccc(Br)cc1C)NCc1ccnn1C. The van der Waals surface area contributed by atoms with Crippen LogP contribution in [0.1, 0.15) is 16.8 Å². The van der Waals surface area contributed by atoms with E-state index in [2.05, 4.69) is 61.8 Å². The summed E-state index contributed by atoms with van der Waals surface area (Å²) in [6.45, 7) is 3.53. The molecule has 0 fully saturated rings. The first-order valence-electron chi connectivity index (χ1n) is 6.76. The normalized spacial score (nSPS) is 11.5. The summed E-state index contributed by atoms with van der Waals surface area (Å²) in [4.78, 5) is 4.23. The van der Waals surface area contributed by atoms with Gasteiger partial charge in [0.05, 0.1) is 12.2 Å². The van der Waals surface area contributed by atoms with Crippen molar-refractivity contribution in [2.45, 2.75) is 20.0 Å². The third-order valence-electron chi connectivity index (χ3n) is 3.33. The number of aromatic nitrogens is 2. The number of benzene rings is 1. The standard InChI is InChI=1S/C15H20BrN5/c1-11-8-13(16)5-4-12(11)9-18-15(17-2)19-10-14-6-7-20-21(14)3/h4-8H,9-10H2,1-3H3,(H2,17,18,19). The van der Waals surface area contributed by atoms with Gasteiger partial charge in [0.25, 0.3) is 0 Å². The number of nitrogens with zero attached hydrogens (tertiary/aromatic N) is 3. The van der Waals surface area contributed by atoms with E-state index < -0.39 is 0 Å². The summed E-state index contributed by atoms with van der Waals surface area (Å²) in [5.74, 6) is 0.776. The average Bonchev–Trinajstić information content (AvgIpc) is 2.86. The van der Waals surface area contributed by atoms with Gasteiger partial charge in [-0.25, -0.2) is 0 Å². The van der Waals surface area contributed by atoms with E-state index in [-0.39, 0.29) is 0 Å². The van der Waals surface area contributed by atoms with Gasteiger partial charge in [0.15, 0.2) is 5.96 Å². The van der Waals surface area contributed by atoms with Crippen LogP contribution in [0.4, 0.5) is 0 Å². The predicted octanol–water partition coefficient (Wildman–Crippen LogP) is 2.36. The van der Waals surface area contributed by atoms with Crippen LogP contribution in [0.3, 0.4) is 0 Å². The number of hydrogen-bond donors (Lipinski definition) is 2. The van der Waals surface area contributed by atoms with Crippen LogP contribution in [0.15, 0.2) is 39.9 Å². The summed E-state index contributed by atoms with van der Waals surface area (Å²) >= 11 is 3.48. The van der Waals surface area contributed by atoms with Crippen molar-refractivity contribution in [2.24, 2.45) is 12.0 Å². The third kappa shape index (κ3) is 4.32. The van der Waals surface area contributed by atoms with Crippen LogP contribution >= 0.6 is 15.9 Å². The van der Waals surface area contributed by atoms with Crippen molar-refractivity contribution in [1.82, 2.24) is 20.4 Å². The molecule has 0 amide bonds. The van der Waals surface area contributed by atoms with E-state index in [0.717, 1.165) is 22.7 Å². The lowest BCUT2D eigenvalue weighted by Crippen LogP contribution is -2.36. The number of rotatable bonds is 4. The fourth-order valence-electron chi connectivity index (χ4n) is 2.01. The Hall–Kier alpha value is -1.82.